The molecular formula is C21H25Cl2N3O2. The van der Waals surface area contributed by atoms with Crippen LogP contribution in [0.25, 0.3) is 5.69 Å². The van der Waals surface area contributed by atoms with Gasteiger partial charge in [-0.15, -0.1) is 0 Å². The molecular weight excluding hydrogens is 397 g/mol. The minimum absolute atomic E-state index is 0.00286. The number of piperidine rings is 1. The summed E-state index contributed by atoms with van der Waals surface area (Å²) >= 11 is 12.3. The molecule has 7 heteroatoms. The highest BCUT2D eigenvalue weighted by molar-refractivity contribution is 6.34. The van der Waals surface area contributed by atoms with E-state index in [9.17, 15) is 9.59 Å². The lowest BCUT2D eigenvalue weighted by Crippen LogP contribution is -2.45. The average Bonchev–Trinajstić information content (AvgIpc) is 2.90. The SMILES string of the molecule is CC(=O)NC1CCN(CC(=O)c2cc(C)n(-c3cc(Cl)cc(Cl)c3)c2C)CC1. The van der Waals surface area contributed by atoms with Gasteiger partial charge in [0, 0.05) is 58.7 Å². The van der Waals surface area contributed by atoms with Crippen molar-refractivity contribution in [2.24, 2.45) is 0 Å². The van der Waals surface area contributed by atoms with E-state index >= 15 is 0 Å². The van der Waals surface area contributed by atoms with Crippen LogP contribution in [0.3, 0.4) is 0 Å². The van der Waals surface area contributed by atoms with Gasteiger partial charge in [0.15, 0.2) is 5.78 Å². The number of ketones is 1. The standard InChI is InChI=1S/C21H25Cl2N3O2/c1-13-8-20(14(2)26(13)19-10-16(22)9-17(23)11-19)21(28)12-25-6-4-18(5-7-25)24-15(3)27/h8-11,18H,4-7,12H2,1-3H3,(H,24,27). The Balaban J connectivity index is 1.73. The molecule has 1 amide bonds. The molecule has 0 radical (unpaired) electrons. The summed E-state index contributed by atoms with van der Waals surface area (Å²) in [7, 11) is 0. The van der Waals surface area contributed by atoms with Crippen molar-refractivity contribution in [3.05, 3.63) is 51.3 Å². The summed E-state index contributed by atoms with van der Waals surface area (Å²) < 4.78 is 2.01. The van der Waals surface area contributed by atoms with Crippen molar-refractivity contribution in [3.63, 3.8) is 0 Å². The smallest absolute Gasteiger partial charge is 0.217 e. The second kappa shape index (κ2) is 8.68. The number of hydrogen-bond acceptors (Lipinski definition) is 3. The first-order valence-corrected chi connectivity index (χ1v) is 10.2. The van der Waals surface area contributed by atoms with E-state index in [-0.39, 0.29) is 17.7 Å². The quantitative estimate of drug-likeness (QED) is 0.736. The molecule has 5 nitrogen and oxygen atoms in total. The third kappa shape index (κ3) is 4.77. The van der Waals surface area contributed by atoms with Crippen LogP contribution in [0.4, 0.5) is 0 Å². The molecule has 1 N–H and O–H groups in total. The van der Waals surface area contributed by atoms with Gasteiger partial charge >= 0.3 is 0 Å². The van der Waals surface area contributed by atoms with Crippen LogP contribution in [-0.4, -0.2) is 46.8 Å². The topological polar surface area (TPSA) is 54.3 Å². The van der Waals surface area contributed by atoms with Crippen LogP contribution in [0.1, 0.15) is 41.5 Å². The van der Waals surface area contributed by atoms with Crippen molar-refractivity contribution in [1.82, 2.24) is 14.8 Å². The second-order valence-corrected chi connectivity index (χ2v) is 8.29. The summed E-state index contributed by atoms with van der Waals surface area (Å²) in [5, 5.41) is 4.08. The number of hydrogen-bond donors (Lipinski definition) is 1. The van der Waals surface area contributed by atoms with Gasteiger partial charge in [-0.05, 0) is 51.0 Å². The fraction of sp³-hybridized carbons (Fsp3) is 0.429. The number of carbonyl (C=O) groups excluding carboxylic acids is 2. The second-order valence-electron chi connectivity index (χ2n) is 7.42. The number of nitrogens with zero attached hydrogens (tertiary/aromatic N) is 2. The molecule has 0 bridgehead atoms. The van der Waals surface area contributed by atoms with E-state index in [1.54, 1.807) is 13.0 Å². The molecule has 1 saturated heterocycles. The number of nitrogens with one attached hydrogen (secondary N) is 1. The first-order valence-electron chi connectivity index (χ1n) is 9.42. The molecule has 0 aliphatic carbocycles. The largest absolute Gasteiger partial charge is 0.354 e. The Morgan fingerprint density at radius 2 is 1.68 bits per heavy atom. The van der Waals surface area contributed by atoms with Crippen molar-refractivity contribution in [2.75, 3.05) is 19.6 Å². The van der Waals surface area contributed by atoms with E-state index in [2.05, 4.69) is 10.2 Å². The summed E-state index contributed by atoms with van der Waals surface area (Å²) in [5.41, 5.74) is 3.41. The molecule has 28 heavy (non-hydrogen) atoms. The number of Topliss-reactive ketones (excluding diaryl/α,β-unsaturated/α-hetero) is 1. The van der Waals surface area contributed by atoms with Gasteiger partial charge in [-0.3, -0.25) is 14.5 Å². The van der Waals surface area contributed by atoms with Crippen molar-refractivity contribution >= 4 is 34.9 Å². The van der Waals surface area contributed by atoms with E-state index in [4.69, 9.17) is 23.2 Å². The van der Waals surface area contributed by atoms with Crippen molar-refractivity contribution in [2.45, 2.75) is 39.7 Å². The molecule has 0 atom stereocenters. The van der Waals surface area contributed by atoms with Crippen LogP contribution in [0, 0.1) is 13.8 Å². The average molecular weight is 422 g/mol. The lowest BCUT2D eigenvalue weighted by molar-refractivity contribution is -0.119. The predicted octanol–water partition coefficient (Wildman–Crippen LogP) is 4.18. The molecule has 2 aromatic rings. The number of aryl methyl sites for hydroxylation is 1. The molecule has 2 heterocycles. The van der Waals surface area contributed by atoms with Crippen molar-refractivity contribution in [1.29, 1.82) is 0 Å². The zero-order chi connectivity index (χ0) is 20.4. The van der Waals surface area contributed by atoms with Crippen LogP contribution >= 0.6 is 23.2 Å². The van der Waals surface area contributed by atoms with Crippen LogP contribution in [0.15, 0.2) is 24.3 Å². The summed E-state index contributed by atoms with van der Waals surface area (Å²) in [4.78, 5) is 26.3. The van der Waals surface area contributed by atoms with Gasteiger partial charge in [0.2, 0.25) is 5.91 Å². The van der Waals surface area contributed by atoms with E-state index in [1.165, 1.54) is 0 Å². The zero-order valence-electron chi connectivity index (χ0n) is 16.4. The Bertz CT molecular complexity index is 879. The van der Waals surface area contributed by atoms with Crippen molar-refractivity contribution < 1.29 is 9.59 Å². The Kier molecular flexibility index (Phi) is 6.48. The number of halogens is 2. The maximum absolute atomic E-state index is 12.9. The molecule has 1 aromatic carbocycles. The van der Waals surface area contributed by atoms with Crippen LogP contribution in [-0.2, 0) is 4.79 Å². The maximum Gasteiger partial charge on any atom is 0.217 e. The summed E-state index contributed by atoms with van der Waals surface area (Å²) in [5.74, 6) is 0.105. The molecule has 1 aliphatic rings. The highest BCUT2D eigenvalue weighted by Crippen LogP contribution is 2.27. The lowest BCUT2D eigenvalue weighted by atomic mass is 10.0. The first kappa shape index (κ1) is 20.9. The Labute approximate surface area is 175 Å². The number of aromatic nitrogens is 1. The fourth-order valence-corrected chi connectivity index (χ4v) is 4.44. The molecule has 3 rings (SSSR count). The van der Waals surface area contributed by atoms with E-state index in [1.807, 2.05) is 36.6 Å². The number of likely N-dealkylation sites (tertiary alicyclic amines) is 1. The molecule has 0 unspecified atom stereocenters. The molecule has 0 spiro atoms. The summed E-state index contributed by atoms with van der Waals surface area (Å²) in [6, 6.07) is 7.51. The molecule has 1 aromatic heterocycles. The number of rotatable bonds is 5. The molecule has 0 saturated carbocycles. The normalized spacial score (nSPS) is 15.6. The highest BCUT2D eigenvalue weighted by Gasteiger charge is 2.24. The van der Waals surface area contributed by atoms with Gasteiger partial charge in [-0.25, -0.2) is 0 Å². The Morgan fingerprint density at radius 1 is 1.07 bits per heavy atom. The van der Waals surface area contributed by atoms with Gasteiger partial charge in [-0.1, -0.05) is 23.2 Å². The van der Waals surface area contributed by atoms with Gasteiger partial charge in [0.05, 0.1) is 6.54 Å². The van der Waals surface area contributed by atoms with E-state index < -0.39 is 0 Å². The van der Waals surface area contributed by atoms with E-state index in [0.717, 1.165) is 48.6 Å². The first-order chi connectivity index (χ1) is 13.2. The number of amides is 1. The summed E-state index contributed by atoms with van der Waals surface area (Å²) in [6.07, 6.45) is 1.74. The van der Waals surface area contributed by atoms with Crippen LogP contribution in [0.5, 0.6) is 0 Å². The van der Waals surface area contributed by atoms with Crippen LogP contribution in [0.2, 0.25) is 10.0 Å². The summed E-state index contributed by atoms with van der Waals surface area (Å²) in [6.45, 7) is 7.44. The molecule has 150 valence electrons. The highest BCUT2D eigenvalue weighted by atomic mass is 35.5. The van der Waals surface area contributed by atoms with Gasteiger partial charge in [0.1, 0.15) is 0 Å². The third-order valence-electron chi connectivity index (χ3n) is 5.20. The molecule has 1 aliphatic heterocycles. The Morgan fingerprint density at radius 3 is 2.25 bits per heavy atom. The van der Waals surface area contributed by atoms with E-state index in [0.29, 0.717) is 16.6 Å². The molecule has 1 fully saturated rings. The Hall–Kier alpha value is -1.82. The third-order valence-corrected chi connectivity index (χ3v) is 5.64. The van der Waals surface area contributed by atoms with Gasteiger partial charge in [-0.2, -0.15) is 0 Å². The van der Waals surface area contributed by atoms with Crippen LogP contribution < -0.4 is 5.32 Å². The van der Waals surface area contributed by atoms with Gasteiger partial charge in [0.25, 0.3) is 0 Å². The number of carbonyl (C=O) groups is 2. The monoisotopic (exact) mass is 421 g/mol. The zero-order valence-corrected chi connectivity index (χ0v) is 17.9. The minimum Gasteiger partial charge on any atom is -0.354 e. The fourth-order valence-electron chi connectivity index (χ4n) is 3.92. The maximum atomic E-state index is 12.9. The predicted molar refractivity (Wildman–Crippen MR) is 113 cm³/mol. The number of benzene rings is 1. The van der Waals surface area contributed by atoms with Gasteiger partial charge < -0.3 is 9.88 Å². The lowest BCUT2D eigenvalue weighted by Gasteiger charge is -2.31. The van der Waals surface area contributed by atoms with Crippen molar-refractivity contribution in [3.8, 4) is 5.69 Å². The minimum atomic E-state index is 0.00286.